The Morgan fingerprint density at radius 1 is 1.83 bits per heavy atom. The molecule has 1 aromatic rings. The number of hydrogen-bond donors (Lipinski definition) is 2. The fourth-order valence-corrected chi connectivity index (χ4v) is 0.804. The molecule has 0 saturated carbocycles. The smallest absolute Gasteiger partial charge is 0.358 e. The van der Waals surface area contributed by atoms with Gasteiger partial charge in [-0.25, -0.2) is 9.18 Å². The van der Waals surface area contributed by atoms with E-state index in [2.05, 4.69) is 5.10 Å². The van der Waals surface area contributed by atoms with Crippen LogP contribution in [0.5, 0.6) is 0 Å². The largest absolute Gasteiger partial charge is 0.476 e. The zero-order chi connectivity index (χ0) is 9.14. The molecule has 0 aromatic carbocycles. The van der Waals surface area contributed by atoms with Crippen molar-refractivity contribution < 1.29 is 14.3 Å². The summed E-state index contributed by atoms with van der Waals surface area (Å²) < 4.78 is 12.9. The molecule has 0 bridgehead atoms. The normalized spacial score (nSPS) is 10.1. The molecule has 1 rings (SSSR count). The zero-order valence-corrected chi connectivity index (χ0v) is 6.20. The van der Waals surface area contributed by atoms with Crippen LogP contribution < -0.4 is 5.73 Å². The number of carboxylic acids is 1. The van der Waals surface area contributed by atoms with Gasteiger partial charge in [-0.3, -0.25) is 4.68 Å². The number of aromatic nitrogens is 2. The summed E-state index contributed by atoms with van der Waals surface area (Å²) in [5.41, 5.74) is 5.10. The topological polar surface area (TPSA) is 81.1 Å². The first-order chi connectivity index (χ1) is 5.65. The first-order valence-electron chi connectivity index (χ1n) is 3.27. The third-order valence-corrected chi connectivity index (χ3v) is 1.31. The number of alkyl halides is 1. The van der Waals surface area contributed by atoms with Crippen molar-refractivity contribution in [3.8, 4) is 0 Å². The Bertz CT molecular complexity index is 297. The van der Waals surface area contributed by atoms with Crippen LogP contribution in [-0.2, 0) is 6.54 Å². The Hall–Kier alpha value is -1.59. The number of nitrogens with two attached hydrogens (primary N) is 1. The van der Waals surface area contributed by atoms with Crippen LogP contribution in [0.25, 0.3) is 0 Å². The number of nitrogens with zero attached hydrogens (tertiary/aromatic N) is 2. The molecule has 3 N–H and O–H groups in total. The molecule has 1 aromatic heterocycles. The molecule has 0 aliphatic rings. The molecule has 0 spiro atoms. The summed E-state index contributed by atoms with van der Waals surface area (Å²) in [6.45, 7) is -0.572. The number of hydrogen-bond acceptors (Lipinski definition) is 3. The number of anilines is 1. The number of aromatic carboxylic acids is 1. The van der Waals surface area contributed by atoms with Gasteiger partial charge < -0.3 is 10.8 Å². The Labute approximate surface area is 67.6 Å². The summed E-state index contributed by atoms with van der Waals surface area (Å²) in [5.74, 6) is -1.20. The van der Waals surface area contributed by atoms with Crippen molar-refractivity contribution in [2.24, 2.45) is 0 Å². The molecule has 0 radical (unpaired) electrons. The molecule has 0 atom stereocenters. The highest BCUT2D eigenvalue weighted by Crippen LogP contribution is 2.08. The minimum Gasteiger partial charge on any atom is -0.476 e. The Balaban J connectivity index is 2.92. The second kappa shape index (κ2) is 3.21. The third-order valence-electron chi connectivity index (χ3n) is 1.31. The van der Waals surface area contributed by atoms with Crippen molar-refractivity contribution >= 4 is 11.7 Å². The van der Waals surface area contributed by atoms with E-state index in [0.717, 1.165) is 0 Å². The molecule has 5 nitrogen and oxygen atoms in total. The average molecular weight is 173 g/mol. The van der Waals surface area contributed by atoms with Crippen molar-refractivity contribution in [3.05, 3.63) is 11.9 Å². The minimum absolute atomic E-state index is 0.0253. The summed E-state index contributed by atoms with van der Waals surface area (Å²) in [5, 5.41) is 12.0. The molecule has 0 amide bonds. The average Bonchev–Trinajstić information content (AvgIpc) is 2.32. The van der Waals surface area contributed by atoms with Crippen LogP contribution in [0.4, 0.5) is 10.1 Å². The van der Waals surface area contributed by atoms with E-state index < -0.39 is 12.6 Å². The monoisotopic (exact) mass is 173 g/mol. The molecule has 0 saturated heterocycles. The van der Waals surface area contributed by atoms with Crippen molar-refractivity contribution in [3.63, 3.8) is 0 Å². The van der Waals surface area contributed by atoms with Gasteiger partial charge in [0, 0.05) is 6.20 Å². The lowest BCUT2D eigenvalue weighted by molar-refractivity contribution is 0.0690. The van der Waals surface area contributed by atoms with E-state index in [1.165, 1.54) is 10.9 Å². The molecular weight excluding hydrogens is 165 g/mol. The van der Waals surface area contributed by atoms with Gasteiger partial charge in [-0.2, -0.15) is 5.10 Å². The van der Waals surface area contributed by atoms with E-state index in [4.69, 9.17) is 10.8 Å². The Morgan fingerprint density at radius 3 is 2.92 bits per heavy atom. The SMILES string of the molecule is Nc1cn(CCF)nc1C(=O)O. The van der Waals surface area contributed by atoms with Gasteiger partial charge in [0.1, 0.15) is 6.67 Å². The summed E-state index contributed by atoms with van der Waals surface area (Å²) in [6.07, 6.45) is 1.29. The van der Waals surface area contributed by atoms with Crippen LogP contribution in [0.3, 0.4) is 0 Å². The van der Waals surface area contributed by atoms with Crippen LogP contribution in [0, 0.1) is 0 Å². The molecule has 12 heavy (non-hydrogen) atoms. The lowest BCUT2D eigenvalue weighted by Crippen LogP contribution is -2.04. The second-order valence-electron chi connectivity index (χ2n) is 2.19. The molecule has 0 aliphatic heterocycles. The standard InChI is InChI=1S/C6H8FN3O2/c7-1-2-10-3-4(8)5(9-10)6(11)12/h3H,1-2,8H2,(H,11,12). The first-order valence-corrected chi connectivity index (χ1v) is 3.27. The fraction of sp³-hybridized carbons (Fsp3) is 0.333. The van der Waals surface area contributed by atoms with Gasteiger partial charge in [0.2, 0.25) is 0 Å². The molecule has 66 valence electrons. The predicted octanol–water partition coefficient (Wildman–Crippen LogP) is 0.133. The maximum absolute atomic E-state index is 11.8. The minimum atomic E-state index is -1.20. The van der Waals surface area contributed by atoms with Gasteiger partial charge in [-0.05, 0) is 0 Å². The zero-order valence-electron chi connectivity index (χ0n) is 6.20. The molecule has 0 aliphatic carbocycles. The van der Waals surface area contributed by atoms with E-state index in [1.807, 2.05) is 0 Å². The van der Waals surface area contributed by atoms with Gasteiger partial charge in [0.05, 0.1) is 12.2 Å². The number of nitrogen functional groups attached to an aromatic ring is 1. The van der Waals surface area contributed by atoms with E-state index in [1.54, 1.807) is 0 Å². The molecular formula is C6H8FN3O2. The Morgan fingerprint density at radius 2 is 2.50 bits per heavy atom. The first kappa shape index (κ1) is 8.51. The summed E-state index contributed by atoms with van der Waals surface area (Å²) in [6, 6.07) is 0. The van der Waals surface area contributed by atoms with Crippen molar-refractivity contribution in [2.75, 3.05) is 12.4 Å². The van der Waals surface area contributed by atoms with Crippen molar-refractivity contribution in [2.45, 2.75) is 6.54 Å². The van der Waals surface area contributed by atoms with Crippen LogP contribution in [0.2, 0.25) is 0 Å². The quantitative estimate of drug-likeness (QED) is 0.680. The maximum atomic E-state index is 11.8. The number of aryl methyl sites for hydroxylation is 1. The fourth-order valence-electron chi connectivity index (χ4n) is 0.804. The van der Waals surface area contributed by atoms with Gasteiger partial charge in [-0.15, -0.1) is 0 Å². The van der Waals surface area contributed by atoms with Gasteiger partial charge in [-0.1, -0.05) is 0 Å². The van der Waals surface area contributed by atoms with E-state index in [-0.39, 0.29) is 17.9 Å². The van der Waals surface area contributed by atoms with Crippen LogP contribution in [-0.4, -0.2) is 27.5 Å². The molecule has 0 unspecified atom stereocenters. The van der Waals surface area contributed by atoms with Crippen LogP contribution in [0.1, 0.15) is 10.5 Å². The van der Waals surface area contributed by atoms with Gasteiger partial charge in [0.25, 0.3) is 0 Å². The highest BCUT2D eigenvalue weighted by atomic mass is 19.1. The summed E-state index contributed by atoms with van der Waals surface area (Å²) >= 11 is 0. The summed E-state index contributed by atoms with van der Waals surface area (Å²) in [4.78, 5) is 10.4. The van der Waals surface area contributed by atoms with E-state index >= 15 is 0 Å². The van der Waals surface area contributed by atoms with E-state index in [9.17, 15) is 9.18 Å². The maximum Gasteiger partial charge on any atom is 0.358 e. The van der Waals surface area contributed by atoms with Gasteiger partial charge in [0.15, 0.2) is 5.69 Å². The van der Waals surface area contributed by atoms with Crippen LogP contribution >= 0.6 is 0 Å². The predicted molar refractivity (Wildman–Crippen MR) is 39.6 cm³/mol. The highest BCUT2D eigenvalue weighted by molar-refractivity contribution is 5.91. The molecule has 1 heterocycles. The van der Waals surface area contributed by atoms with Crippen molar-refractivity contribution in [1.82, 2.24) is 9.78 Å². The lowest BCUT2D eigenvalue weighted by atomic mass is 10.4. The summed E-state index contributed by atoms with van der Waals surface area (Å²) in [7, 11) is 0. The number of rotatable bonds is 3. The molecule has 0 fully saturated rings. The lowest BCUT2D eigenvalue weighted by Gasteiger charge is -1.92. The third kappa shape index (κ3) is 1.52. The van der Waals surface area contributed by atoms with Crippen LogP contribution in [0.15, 0.2) is 6.20 Å². The highest BCUT2D eigenvalue weighted by Gasteiger charge is 2.12. The number of halogens is 1. The van der Waals surface area contributed by atoms with Gasteiger partial charge >= 0.3 is 5.97 Å². The number of carboxylic acid groups (broad SMARTS) is 1. The number of carbonyl (C=O) groups is 1. The van der Waals surface area contributed by atoms with E-state index in [0.29, 0.717) is 0 Å². The molecule has 6 heteroatoms. The Kier molecular flexibility index (Phi) is 2.27. The van der Waals surface area contributed by atoms with Crippen molar-refractivity contribution in [1.29, 1.82) is 0 Å². The second-order valence-corrected chi connectivity index (χ2v) is 2.19.